The maximum Gasteiger partial charge on any atom is 0.324 e. The third-order valence-electron chi connectivity index (χ3n) is 3.98. The lowest BCUT2D eigenvalue weighted by Gasteiger charge is -2.11. The Hall–Kier alpha value is -4.20. The Bertz CT molecular complexity index is 1120. The van der Waals surface area contributed by atoms with Crippen molar-refractivity contribution in [1.82, 2.24) is 19.9 Å². The van der Waals surface area contributed by atoms with Crippen molar-refractivity contribution in [3.8, 4) is 22.6 Å². The Kier molecular flexibility index (Phi) is 5.15. The first-order chi connectivity index (χ1) is 14.2. The number of hydrogen-bond acceptors (Lipinski definition) is 5. The second-order valence-corrected chi connectivity index (χ2v) is 5.99. The summed E-state index contributed by atoms with van der Waals surface area (Å²) in [4.78, 5) is 29.6. The number of nitrogens with one attached hydrogen (secondary N) is 2. The van der Waals surface area contributed by atoms with E-state index in [1.54, 1.807) is 24.7 Å². The van der Waals surface area contributed by atoms with Gasteiger partial charge in [0.1, 0.15) is 11.5 Å². The van der Waals surface area contributed by atoms with Gasteiger partial charge >= 0.3 is 6.03 Å². The van der Waals surface area contributed by atoms with Gasteiger partial charge in [-0.3, -0.25) is 20.3 Å². The van der Waals surface area contributed by atoms with Gasteiger partial charge in [-0.15, -0.1) is 0 Å². The summed E-state index contributed by atoms with van der Waals surface area (Å²) in [5, 5.41) is 5.25. The molecule has 0 saturated heterocycles. The minimum absolute atomic E-state index is 0.253. The molecule has 0 atom stereocenters. The molecule has 8 heteroatoms. The zero-order valence-corrected chi connectivity index (χ0v) is 15.1. The number of nitrogens with zero attached hydrogens (tertiary/aromatic N) is 4. The second-order valence-electron chi connectivity index (χ2n) is 5.99. The van der Waals surface area contributed by atoms with Gasteiger partial charge in [0.15, 0.2) is 5.82 Å². The van der Waals surface area contributed by atoms with Crippen LogP contribution in [0, 0.1) is 5.82 Å². The van der Waals surface area contributed by atoms with Gasteiger partial charge in [0.25, 0.3) is 0 Å². The van der Waals surface area contributed by atoms with Crippen molar-refractivity contribution in [3.05, 3.63) is 85.2 Å². The summed E-state index contributed by atoms with van der Waals surface area (Å²) in [7, 11) is 0. The van der Waals surface area contributed by atoms with E-state index in [2.05, 4.69) is 30.6 Å². The largest absolute Gasteiger partial charge is 0.324 e. The number of anilines is 2. The van der Waals surface area contributed by atoms with Crippen LogP contribution in [0.2, 0.25) is 0 Å². The van der Waals surface area contributed by atoms with Crippen LogP contribution in [0.4, 0.5) is 20.7 Å². The molecule has 7 nitrogen and oxygen atoms in total. The van der Waals surface area contributed by atoms with Crippen LogP contribution in [-0.2, 0) is 0 Å². The van der Waals surface area contributed by atoms with Crippen molar-refractivity contribution in [3.63, 3.8) is 0 Å². The molecule has 0 bridgehead atoms. The average Bonchev–Trinajstić information content (AvgIpc) is 2.76. The highest BCUT2D eigenvalue weighted by Gasteiger charge is 2.14. The summed E-state index contributed by atoms with van der Waals surface area (Å²) in [5.41, 5.74) is 3.05. The molecular weight excluding hydrogens is 371 g/mol. The molecule has 0 spiro atoms. The molecule has 142 valence electrons. The minimum atomic E-state index is -0.519. The third kappa shape index (κ3) is 4.38. The van der Waals surface area contributed by atoms with Gasteiger partial charge in [0.2, 0.25) is 0 Å². The monoisotopic (exact) mass is 386 g/mol. The molecule has 0 aliphatic carbocycles. The van der Waals surface area contributed by atoms with Crippen LogP contribution in [0.3, 0.4) is 0 Å². The lowest BCUT2D eigenvalue weighted by atomic mass is 10.1. The summed E-state index contributed by atoms with van der Waals surface area (Å²) in [6.07, 6.45) is 6.46. The fraction of sp³-hybridized carbons (Fsp3) is 0. The standard InChI is InChI=1S/C21H15FN6O/c22-15-4-6-16(7-5-15)26-21(29)28-18-13-25-19(14-8-11-23-12-9-14)20(27-18)17-3-1-2-10-24-17/h1-13H,(H2,26,27,28,29). The summed E-state index contributed by atoms with van der Waals surface area (Å²) >= 11 is 0. The first-order valence-corrected chi connectivity index (χ1v) is 8.71. The molecule has 29 heavy (non-hydrogen) atoms. The van der Waals surface area contributed by atoms with Crippen molar-refractivity contribution in [2.45, 2.75) is 0 Å². The van der Waals surface area contributed by atoms with Crippen LogP contribution < -0.4 is 10.6 Å². The number of carbonyl (C=O) groups is 1. The number of carbonyl (C=O) groups excluding carboxylic acids is 1. The van der Waals surface area contributed by atoms with Gasteiger partial charge in [-0.05, 0) is 48.5 Å². The first kappa shape index (κ1) is 18.2. The maximum absolute atomic E-state index is 13.0. The molecule has 0 fully saturated rings. The molecule has 0 saturated carbocycles. The molecule has 0 radical (unpaired) electrons. The van der Waals surface area contributed by atoms with E-state index >= 15 is 0 Å². The van der Waals surface area contributed by atoms with Gasteiger partial charge in [-0.25, -0.2) is 14.2 Å². The van der Waals surface area contributed by atoms with E-state index in [4.69, 9.17) is 0 Å². The number of rotatable bonds is 4. The third-order valence-corrected chi connectivity index (χ3v) is 3.98. The highest BCUT2D eigenvalue weighted by Crippen LogP contribution is 2.28. The number of aromatic nitrogens is 4. The van der Waals surface area contributed by atoms with Crippen LogP contribution in [0.25, 0.3) is 22.6 Å². The van der Waals surface area contributed by atoms with Gasteiger partial charge < -0.3 is 5.32 Å². The molecule has 0 aliphatic heterocycles. The molecule has 1 aromatic carbocycles. The fourth-order valence-corrected chi connectivity index (χ4v) is 2.66. The lowest BCUT2D eigenvalue weighted by Crippen LogP contribution is -2.20. The Morgan fingerprint density at radius 2 is 1.62 bits per heavy atom. The van der Waals surface area contributed by atoms with Crippen molar-refractivity contribution >= 4 is 17.5 Å². The summed E-state index contributed by atoms with van der Waals surface area (Å²) < 4.78 is 13.0. The molecular formula is C21H15FN6O. The highest BCUT2D eigenvalue weighted by molar-refractivity contribution is 5.99. The van der Waals surface area contributed by atoms with Crippen molar-refractivity contribution < 1.29 is 9.18 Å². The van der Waals surface area contributed by atoms with Crippen molar-refractivity contribution in [2.24, 2.45) is 0 Å². The fourth-order valence-electron chi connectivity index (χ4n) is 2.66. The van der Waals surface area contributed by atoms with E-state index in [0.717, 1.165) is 5.56 Å². The van der Waals surface area contributed by atoms with E-state index in [-0.39, 0.29) is 11.6 Å². The molecule has 2 amide bonds. The maximum atomic E-state index is 13.0. The van der Waals surface area contributed by atoms with Gasteiger partial charge in [0, 0.05) is 29.8 Å². The highest BCUT2D eigenvalue weighted by atomic mass is 19.1. The number of pyridine rings is 2. The van der Waals surface area contributed by atoms with Gasteiger partial charge in [0.05, 0.1) is 17.6 Å². The van der Waals surface area contributed by atoms with E-state index in [0.29, 0.717) is 22.8 Å². The molecule has 4 aromatic rings. The average molecular weight is 386 g/mol. The number of amides is 2. The molecule has 0 aliphatic rings. The van der Waals surface area contributed by atoms with Crippen molar-refractivity contribution in [2.75, 3.05) is 10.6 Å². The molecule has 2 N–H and O–H groups in total. The molecule has 4 rings (SSSR count). The van der Waals surface area contributed by atoms with Crippen LogP contribution in [-0.4, -0.2) is 26.0 Å². The Morgan fingerprint density at radius 1 is 0.828 bits per heavy atom. The zero-order chi connectivity index (χ0) is 20.1. The number of urea groups is 1. The van der Waals surface area contributed by atoms with Gasteiger partial charge in [-0.1, -0.05) is 6.07 Å². The van der Waals surface area contributed by atoms with E-state index in [1.807, 2.05) is 24.3 Å². The van der Waals surface area contributed by atoms with E-state index in [1.165, 1.54) is 30.5 Å². The van der Waals surface area contributed by atoms with Crippen molar-refractivity contribution in [1.29, 1.82) is 0 Å². The molecule has 3 heterocycles. The Balaban J connectivity index is 1.63. The summed E-state index contributed by atoms with van der Waals surface area (Å²) in [6, 6.07) is 14.1. The smallest absolute Gasteiger partial charge is 0.308 e. The van der Waals surface area contributed by atoms with Crippen LogP contribution in [0.15, 0.2) is 79.4 Å². The Morgan fingerprint density at radius 3 is 2.34 bits per heavy atom. The van der Waals surface area contributed by atoms with E-state index in [9.17, 15) is 9.18 Å². The molecule has 0 unspecified atom stereocenters. The minimum Gasteiger partial charge on any atom is -0.308 e. The van der Waals surface area contributed by atoms with Crippen LogP contribution in [0.5, 0.6) is 0 Å². The van der Waals surface area contributed by atoms with Gasteiger partial charge in [-0.2, -0.15) is 0 Å². The van der Waals surface area contributed by atoms with Crippen LogP contribution in [0.1, 0.15) is 0 Å². The summed E-state index contributed by atoms with van der Waals surface area (Å²) in [5.74, 6) is -0.128. The number of hydrogen-bond donors (Lipinski definition) is 2. The summed E-state index contributed by atoms with van der Waals surface area (Å²) in [6.45, 7) is 0. The molecule has 3 aromatic heterocycles. The normalized spacial score (nSPS) is 10.4. The SMILES string of the molecule is O=C(Nc1ccc(F)cc1)Nc1cnc(-c2ccncc2)c(-c2ccccn2)n1. The zero-order valence-electron chi connectivity index (χ0n) is 15.1. The first-order valence-electron chi connectivity index (χ1n) is 8.71. The lowest BCUT2D eigenvalue weighted by molar-refractivity contribution is 0.262. The second kappa shape index (κ2) is 8.22. The predicted octanol–water partition coefficient (Wildman–Crippen LogP) is 4.38. The number of halogens is 1. The van der Waals surface area contributed by atoms with E-state index < -0.39 is 6.03 Å². The predicted molar refractivity (Wildman–Crippen MR) is 108 cm³/mol. The Labute approximate surface area is 165 Å². The number of benzene rings is 1. The topological polar surface area (TPSA) is 92.7 Å². The quantitative estimate of drug-likeness (QED) is 0.543. The van der Waals surface area contributed by atoms with Crippen LogP contribution >= 0.6 is 0 Å².